The van der Waals surface area contributed by atoms with E-state index < -0.39 is 11.5 Å². The molecule has 2 unspecified atom stereocenters. The maximum absolute atomic E-state index is 11.3. The minimum atomic E-state index is -0.838. The minimum absolute atomic E-state index is 0.394. The summed E-state index contributed by atoms with van der Waals surface area (Å²) in [6, 6.07) is 0.394. The van der Waals surface area contributed by atoms with Crippen LogP contribution in [0.1, 0.15) is 52.9 Å². The average Bonchev–Trinajstić information content (AvgIpc) is 3.08. The zero-order valence-electron chi connectivity index (χ0n) is 11.9. The fourth-order valence-electron chi connectivity index (χ4n) is 2.06. The average molecular weight is 257 g/mol. The third-order valence-corrected chi connectivity index (χ3v) is 3.50. The molecule has 0 aromatic rings. The Labute approximate surface area is 110 Å². The summed E-state index contributed by atoms with van der Waals surface area (Å²) < 4.78 is 5.59. The van der Waals surface area contributed by atoms with Crippen LogP contribution in [0.4, 0.5) is 0 Å². The van der Waals surface area contributed by atoms with E-state index in [4.69, 9.17) is 4.74 Å². The van der Waals surface area contributed by atoms with Crippen molar-refractivity contribution >= 4 is 5.97 Å². The zero-order valence-corrected chi connectivity index (χ0v) is 11.9. The summed E-state index contributed by atoms with van der Waals surface area (Å²) in [6.07, 6.45) is 5.04. The molecule has 4 heteroatoms. The van der Waals surface area contributed by atoms with Crippen LogP contribution in [0, 0.1) is 5.92 Å². The van der Waals surface area contributed by atoms with E-state index in [1.807, 2.05) is 0 Å². The first-order valence-corrected chi connectivity index (χ1v) is 7.06. The monoisotopic (exact) mass is 257 g/mol. The van der Waals surface area contributed by atoms with Gasteiger partial charge in [0.25, 0.3) is 0 Å². The molecule has 106 valence electrons. The molecule has 1 rings (SSSR count). The number of carbonyl (C=O) groups is 1. The molecule has 0 saturated heterocycles. The Balaban J connectivity index is 2.22. The van der Waals surface area contributed by atoms with Crippen molar-refractivity contribution in [3.8, 4) is 0 Å². The van der Waals surface area contributed by atoms with Gasteiger partial charge >= 0.3 is 5.97 Å². The summed E-state index contributed by atoms with van der Waals surface area (Å²) in [5, 5.41) is 12.5. The maximum atomic E-state index is 11.3. The highest BCUT2D eigenvalue weighted by Crippen LogP contribution is 2.24. The van der Waals surface area contributed by atoms with Crippen molar-refractivity contribution < 1.29 is 14.6 Å². The largest absolute Gasteiger partial charge is 0.480 e. The van der Waals surface area contributed by atoms with E-state index >= 15 is 0 Å². The maximum Gasteiger partial charge on any atom is 0.323 e. The Morgan fingerprint density at radius 1 is 1.56 bits per heavy atom. The van der Waals surface area contributed by atoms with Crippen LogP contribution < -0.4 is 5.32 Å². The van der Waals surface area contributed by atoms with E-state index in [-0.39, 0.29) is 0 Å². The van der Waals surface area contributed by atoms with E-state index in [0.29, 0.717) is 25.0 Å². The highest BCUT2D eigenvalue weighted by Gasteiger charge is 2.38. The molecular formula is C14H27NO3. The molecule has 0 spiro atoms. The molecule has 0 radical (unpaired) electrons. The predicted molar refractivity (Wildman–Crippen MR) is 71.7 cm³/mol. The van der Waals surface area contributed by atoms with Gasteiger partial charge in [-0.15, -0.1) is 0 Å². The summed E-state index contributed by atoms with van der Waals surface area (Å²) in [4.78, 5) is 11.3. The molecule has 0 amide bonds. The SMILES string of the molecule is CCCC(C)COCCC(C)(NC1CC1)C(=O)O. The van der Waals surface area contributed by atoms with Gasteiger partial charge < -0.3 is 9.84 Å². The Morgan fingerprint density at radius 2 is 2.22 bits per heavy atom. The van der Waals surface area contributed by atoms with Gasteiger partial charge in [-0.3, -0.25) is 10.1 Å². The van der Waals surface area contributed by atoms with Crippen LogP contribution in [0.5, 0.6) is 0 Å². The standard InChI is InChI=1S/C14H27NO3/c1-4-5-11(2)10-18-9-8-14(3,13(16)17)15-12-6-7-12/h11-12,15H,4-10H2,1-3H3,(H,16,17). The zero-order chi connectivity index (χ0) is 13.6. The quantitative estimate of drug-likeness (QED) is 0.590. The second kappa shape index (κ2) is 7.10. The molecule has 1 aliphatic carbocycles. The van der Waals surface area contributed by atoms with Gasteiger partial charge in [-0.1, -0.05) is 20.3 Å². The fourth-order valence-corrected chi connectivity index (χ4v) is 2.06. The smallest absolute Gasteiger partial charge is 0.323 e. The number of nitrogens with one attached hydrogen (secondary N) is 1. The number of rotatable bonds is 10. The highest BCUT2D eigenvalue weighted by molar-refractivity contribution is 5.78. The fraction of sp³-hybridized carbons (Fsp3) is 0.929. The molecule has 1 aliphatic rings. The molecule has 2 N–H and O–H groups in total. The minimum Gasteiger partial charge on any atom is -0.480 e. The first-order valence-electron chi connectivity index (χ1n) is 7.06. The van der Waals surface area contributed by atoms with Crippen LogP contribution in [-0.2, 0) is 9.53 Å². The molecule has 1 saturated carbocycles. The van der Waals surface area contributed by atoms with Gasteiger partial charge in [0, 0.05) is 19.3 Å². The van der Waals surface area contributed by atoms with Crippen LogP contribution in [0.25, 0.3) is 0 Å². The van der Waals surface area contributed by atoms with Gasteiger partial charge in [0.05, 0.1) is 0 Å². The first kappa shape index (κ1) is 15.4. The molecular weight excluding hydrogens is 230 g/mol. The molecule has 0 aliphatic heterocycles. The van der Waals surface area contributed by atoms with Crippen molar-refractivity contribution in [2.75, 3.05) is 13.2 Å². The summed E-state index contributed by atoms with van der Waals surface area (Å²) in [5.41, 5.74) is -0.838. The van der Waals surface area contributed by atoms with Gasteiger partial charge in [-0.25, -0.2) is 0 Å². The Morgan fingerprint density at radius 3 is 2.72 bits per heavy atom. The summed E-state index contributed by atoms with van der Waals surface area (Å²) >= 11 is 0. The second-order valence-corrected chi connectivity index (χ2v) is 5.77. The molecule has 1 fully saturated rings. The number of hydrogen-bond donors (Lipinski definition) is 2. The molecule has 0 bridgehead atoms. The van der Waals surface area contributed by atoms with Crippen molar-refractivity contribution in [1.29, 1.82) is 0 Å². The lowest BCUT2D eigenvalue weighted by Crippen LogP contribution is -2.51. The summed E-state index contributed by atoms with van der Waals surface area (Å²) in [7, 11) is 0. The molecule has 0 heterocycles. The van der Waals surface area contributed by atoms with E-state index in [1.54, 1.807) is 6.92 Å². The normalized spacial score (nSPS) is 20.4. The lowest BCUT2D eigenvalue weighted by atomic mass is 9.98. The summed E-state index contributed by atoms with van der Waals surface area (Å²) in [5.74, 6) is -0.220. The number of carboxylic acid groups (broad SMARTS) is 1. The predicted octanol–water partition coefficient (Wildman–Crippen LogP) is 2.42. The van der Waals surface area contributed by atoms with Crippen LogP contribution in [-0.4, -0.2) is 35.9 Å². The van der Waals surface area contributed by atoms with Crippen LogP contribution in [0.15, 0.2) is 0 Å². The Kier molecular flexibility index (Phi) is 6.09. The van der Waals surface area contributed by atoms with E-state index in [2.05, 4.69) is 19.2 Å². The number of ether oxygens (including phenoxy) is 1. The van der Waals surface area contributed by atoms with Gasteiger partial charge in [0.2, 0.25) is 0 Å². The van der Waals surface area contributed by atoms with Crippen molar-refractivity contribution in [2.45, 2.75) is 64.5 Å². The lowest BCUT2D eigenvalue weighted by molar-refractivity contribution is -0.145. The van der Waals surface area contributed by atoms with Gasteiger partial charge in [0.1, 0.15) is 5.54 Å². The van der Waals surface area contributed by atoms with Crippen LogP contribution in [0.2, 0.25) is 0 Å². The molecule has 0 aromatic heterocycles. The Bertz CT molecular complexity index is 266. The number of carboxylic acids is 1. The van der Waals surface area contributed by atoms with Crippen molar-refractivity contribution in [3.05, 3.63) is 0 Å². The molecule has 2 atom stereocenters. The third-order valence-electron chi connectivity index (χ3n) is 3.50. The molecule has 4 nitrogen and oxygen atoms in total. The summed E-state index contributed by atoms with van der Waals surface area (Å²) in [6.45, 7) is 7.33. The first-order chi connectivity index (χ1) is 8.48. The van der Waals surface area contributed by atoms with Crippen molar-refractivity contribution in [1.82, 2.24) is 5.32 Å². The Hall–Kier alpha value is -0.610. The van der Waals surface area contributed by atoms with Crippen LogP contribution >= 0.6 is 0 Å². The highest BCUT2D eigenvalue weighted by atomic mass is 16.5. The second-order valence-electron chi connectivity index (χ2n) is 5.77. The van der Waals surface area contributed by atoms with E-state index in [1.165, 1.54) is 6.42 Å². The molecule has 0 aromatic carbocycles. The van der Waals surface area contributed by atoms with Gasteiger partial charge in [-0.05, 0) is 38.5 Å². The number of aliphatic carboxylic acids is 1. The van der Waals surface area contributed by atoms with Gasteiger partial charge in [0.15, 0.2) is 0 Å². The van der Waals surface area contributed by atoms with E-state index in [9.17, 15) is 9.90 Å². The van der Waals surface area contributed by atoms with Crippen LogP contribution in [0.3, 0.4) is 0 Å². The van der Waals surface area contributed by atoms with Crippen molar-refractivity contribution in [2.24, 2.45) is 5.92 Å². The third kappa shape index (κ3) is 5.36. The molecule has 18 heavy (non-hydrogen) atoms. The lowest BCUT2D eigenvalue weighted by Gasteiger charge is -2.26. The van der Waals surface area contributed by atoms with E-state index in [0.717, 1.165) is 25.9 Å². The number of hydrogen-bond acceptors (Lipinski definition) is 3. The topological polar surface area (TPSA) is 58.6 Å². The van der Waals surface area contributed by atoms with Gasteiger partial charge in [-0.2, -0.15) is 0 Å². The van der Waals surface area contributed by atoms with Crippen molar-refractivity contribution in [3.63, 3.8) is 0 Å².